The summed E-state index contributed by atoms with van der Waals surface area (Å²) in [5, 5.41) is 0. The van der Waals surface area contributed by atoms with E-state index in [9.17, 15) is 9.36 Å². The minimum absolute atomic E-state index is 0.150. The molecule has 1 rings (SSSR count). The Morgan fingerprint density at radius 1 is 1.60 bits per heavy atom. The van der Waals surface area contributed by atoms with Gasteiger partial charge in [-0.15, -0.1) is 0 Å². The van der Waals surface area contributed by atoms with Gasteiger partial charge in [0.15, 0.2) is 11.6 Å². The van der Waals surface area contributed by atoms with Crippen LogP contribution in [-0.4, -0.2) is 25.5 Å². The minimum Gasteiger partial charge on any atom is -0.339 e. The summed E-state index contributed by atoms with van der Waals surface area (Å²) in [5.41, 5.74) is 0.858. The first-order valence-electron chi connectivity index (χ1n) is 4.06. The van der Waals surface area contributed by atoms with Gasteiger partial charge in [-0.25, -0.2) is 9.55 Å². The van der Waals surface area contributed by atoms with Gasteiger partial charge in [-0.1, -0.05) is 0 Å². The number of aromatic nitrogens is 2. The zero-order valence-electron chi connectivity index (χ0n) is 8.22. The maximum atomic E-state index is 10.9. The molecule has 0 saturated carbocycles. The van der Waals surface area contributed by atoms with Crippen LogP contribution >= 0.6 is 7.82 Å². The summed E-state index contributed by atoms with van der Waals surface area (Å²) in [5.74, 6) is -0.0997. The fourth-order valence-electron chi connectivity index (χ4n) is 0.949. The van der Waals surface area contributed by atoms with Gasteiger partial charge in [-0.05, 0) is 6.92 Å². The fraction of sp³-hybridized carbons (Fsp3) is 0.429. The van der Waals surface area contributed by atoms with Crippen LogP contribution in [0.3, 0.4) is 0 Å². The molecule has 0 amide bonds. The highest BCUT2D eigenvalue weighted by Gasteiger charge is 2.17. The number of phosphoric acid groups is 1. The Hall–Kier alpha value is -1.01. The number of aryl methyl sites for hydroxylation is 1. The number of nitrogens with one attached hydrogen (secondary N) is 1. The van der Waals surface area contributed by atoms with Crippen LogP contribution in [0.5, 0.6) is 0 Å². The van der Waals surface area contributed by atoms with Crippen molar-refractivity contribution >= 4 is 13.6 Å². The van der Waals surface area contributed by atoms with Crippen LogP contribution in [0.1, 0.15) is 28.9 Å². The average Bonchev–Trinajstić information content (AvgIpc) is 2.42. The van der Waals surface area contributed by atoms with E-state index < -0.39 is 7.82 Å². The second-order valence-corrected chi connectivity index (χ2v) is 4.22. The van der Waals surface area contributed by atoms with Gasteiger partial charge in [0, 0.05) is 12.6 Å². The number of imidazole rings is 1. The van der Waals surface area contributed by atoms with Crippen LogP contribution in [0.2, 0.25) is 0 Å². The molecule has 0 atom stereocenters. The maximum Gasteiger partial charge on any atom is 0.469 e. The Balaban J connectivity index is 2.78. The van der Waals surface area contributed by atoms with Gasteiger partial charge >= 0.3 is 7.82 Å². The molecule has 0 aliphatic heterocycles. The number of hydrogen-bond acceptors (Lipinski definition) is 4. The van der Waals surface area contributed by atoms with Crippen molar-refractivity contribution < 1.29 is 23.7 Å². The first-order chi connectivity index (χ1) is 6.79. The highest BCUT2D eigenvalue weighted by Crippen LogP contribution is 2.36. The van der Waals surface area contributed by atoms with E-state index in [1.54, 1.807) is 6.92 Å². The zero-order chi connectivity index (χ0) is 11.6. The lowest BCUT2D eigenvalue weighted by Crippen LogP contribution is -1.96. The molecule has 0 aliphatic carbocycles. The van der Waals surface area contributed by atoms with E-state index in [0.717, 1.165) is 0 Å². The average molecular weight is 234 g/mol. The summed E-state index contributed by atoms with van der Waals surface area (Å²) in [6.45, 7) is 2.64. The van der Waals surface area contributed by atoms with E-state index in [1.807, 2.05) is 0 Å². The molecule has 0 radical (unpaired) electrons. The van der Waals surface area contributed by atoms with E-state index in [2.05, 4.69) is 14.5 Å². The summed E-state index contributed by atoms with van der Waals surface area (Å²) in [4.78, 5) is 34.4. The van der Waals surface area contributed by atoms with Crippen molar-refractivity contribution in [3.63, 3.8) is 0 Å². The lowest BCUT2D eigenvalue weighted by atomic mass is 10.4. The number of H-pyrrole nitrogens is 1. The van der Waals surface area contributed by atoms with Crippen LogP contribution in [0, 0.1) is 6.92 Å². The molecule has 7 nitrogen and oxygen atoms in total. The summed E-state index contributed by atoms with van der Waals surface area (Å²) < 4.78 is 14.7. The molecule has 0 spiro atoms. The molecular weight excluding hydrogens is 223 g/mol. The topological polar surface area (TPSA) is 113 Å². The molecule has 3 N–H and O–H groups in total. The van der Waals surface area contributed by atoms with Crippen molar-refractivity contribution in [1.82, 2.24) is 9.97 Å². The lowest BCUT2D eigenvalue weighted by Gasteiger charge is -2.02. The smallest absolute Gasteiger partial charge is 0.339 e. The highest BCUT2D eigenvalue weighted by molar-refractivity contribution is 7.46. The number of ketones is 1. The molecular formula is C7H11N2O5P. The standard InChI is InChI=1S/C7H11N2O5P/c1-4-6(3-14-15(11,12)13)9-7(8-4)5(2)10/h3H2,1-2H3,(H,8,9)(H2,11,12,13). The van der Waals surface area contributed by atoms with Crippen molar-refractivity contribution in [3.8, 4) is 0 Å². The minimum atomic E-state index is -4.50. The van der Waals surface area contributed by atoms with E-state index in [4.69, 9.17) is 9.79 Å². The monoisotopic (exact) mass is 234 g/mol. The van der Waals surface area contributed by atoms with Gasteiger partial charge in [0.25, 0.3) is 0 Å². The van der Waals surface area contributed by atoms with Crippen LogP contribution in [0.15, 0.2) is 0 Å². The number of aromatic amines is 1. The SMILES string of the molecule is CC(=O)c1nc(COP(=O)(O)O)c(C)[nH]1. The lowest BCUT2D eigenvalue weighted by molar-refractivity contribution is 0.100. The quantitative estimate of drug-likeness (QED) is 0.517. The molecule has 0 fully saturated rings. The second kappa shape index (κ2) is 4.24. The molecule has 15 heavy (non-hydrogen) atoms. The summed E-state index contributed by atoms with van der Waals surface area (Å²) >= 11 is 0. The second-order valence-electron chi connectivity index (χ2n) is 2.98. The van der Waals surface area contributed by atoms with Gasteiger partial charge in [-0.2, -0.15) is 0 Å². The molecule has 0 saturated heterocycles. The van der Waals surface area contributed by atoms with E-state index in [-0.39, 0.29) is 18.2 Å². The largest absolute Gasteiger partial charge is 0.469 e. The number of phosphoric ester groups is 1. The number of rotatable bonds is 4. The van der Waals surface area contributed by atoms with Crippen LogP contribution in [-0.2, 0) is 15.7 Å². The normalized spacial score (nSPS) is 11.7. The van der Waals surface area contributed by atoms with E-state index in [1.165, 1.54) is 6.92 Å². The number of Topliss-reactive ketones (excluding diaryl/α,β-unsaturated/α-hetero) is 1. The molecule has 1 aromatic heterocycles. The van der Waals surface area contributed by atoms with Gasteiger partial charge in [-0.3, -0.25) is 9.32 Å². The maximum absolute atomic E-state index is 10.9. The van der Waals surface area contributed by atoms with Gasteiger partial charge in [0.1, 0.15) is 6.61 Å². The van der Waals surface area contributed by atoms with Crippen LogP contribution in [0.25, 0.3) is 0 Å². The predicted octanol–water partition coefficient (Wildman–Crippen LogP) is 0.530. The van der Waals surface area contributed by atoms with Gasteiger partial charge in [0.2, 0.25) is 0 Å². The van der Waals surface area contributed by atoms with Gasteiger partial charge < -0.3 is 14.8 Å². The summed E-state index contributed by atoms with van der Waals surface area (Å²) in [7, 11) is -4.50. The third kappa shape index (κ3) is 3.56. The third-order valence-electron chi connectivity index (χ3n) is 1.69. The van der Waals surface area contributed by atoms with Crippen molar-refractivity contribution in [2.45, 2.75) is 20.5 Å². The van der Waals surface area contributed by atoms with Crippen molar-refractivity contribution in [2.75, 3.05) is 0 Å². The van der Waals surface area contributed by atoms with Crippen LogP contribution in [0.4, 0.5) is 0 Å². The van der Waals surface area contributed by atoms with Crippen LogP contribution < -0.4 is 0 Å². The van der Waals surface area contributed by atoms with E-state index in [0.29, 0.717) is 11.4 Å². The molecule has 0 aliphatic rings. The molecule has 1 aromatic rings. The van der Waals surface area contributed by atoms with Crippen molar-refractivity contribution in [3.05, 3.63) is 17.2 Å². The molecule has 0 bridgehead atoms. The zero-order valence-corrected chi connectivity index (χ0v) is 9.12. The van der Waals surface area contributed by atoms with Crippen molar-refractivity contribution in [1.29, 1.82) is 0 Å². The Labute approximate surface area is 85.7 Å². The Kier molecular flexibility index (Phi) is 3.41. The summed E-state index contributed by atoms with van der Waals surface area (Å²) in [6, 6.07) is 0. The molecule has 84 valence electrons. The number of hydrogen-bond donors (Lipinski definition) is 3. The number of nitrogens with zero attached hydrogens (tertiary/aromatic N) is 1. The predicted molar refractivity (Wildman–Crippen MR) is 50.2 cm³/mol. The number of carbonyl (C=O) groups excluding carboxylic acids is 1. The Bertz CT molecular complexity index is 421. The Morgan fingerprint density at radius 2 is 2.20 bits per heavy atom. The third-order valence-corrected chi connectivity index (χ3v) is 2.15. The number of carbonyl (C=O) groups is 1. The van der Waals surface area contributed by atoms with Crippen molar-refractivity contribution in [2.24, 2.45) is 0 Å². The Morgan fingerprint density at radius 3 is 2.60 bits per heavy atom. The first kappa shape index (κ1) is 12.1. The molecule has 0 aromatic carbocycles. The van der Waals surface area contributed by atoms with E-state index >= 15 is 0 Å². The van der Waals surface area contributed by atoms with Gasteiger partial charge in [0.05, 0.1) is 5.69 Å². The summed E-state index contributed by atoms with van der Waals surface area (Å²) in [6.07, 6.45) is 0. The fourth-order valence-corrected chi connectivity index (χ4v) is 1.24. The molecule has 8 heteroatoms. The molecule has 1 heterocycles. The first-order valence-corrected chi connectivity index (χ1v) is 5.59. The highest BCUT2D eigenvalue weighted by atomic mass is 31.2. The molecule has 0 unspecified atom stereocenters.